The van der Waals surface area contributed by atoms with E-state index < -0.39 is 23.7 Å². The van der Waals surface area contributed by atoms with Gasteiger partial charge in [0.15, 0.2) is 0 Å². The standard InChI is InChI=1S/C20H21NO3/c1-20(2,3)24-19(22)17-16(14-10-6-4-7-11-14)21-18(23-17)15-12-8-5-9-13-15/h4-13,16-17H,1-3H3/t16-,17+/m0/s1. The number of hydrogen-bond acceptors (Lipinski definition) is 4. The van der Waals surface area contributed by atoms with E-state index in [4.69, 9.17) is 9.47 Å². The Morgan fingerprint density at radius 3 is 2.17 bits per heavy atom. The Bertz CT molecular complexity index is 732. The van der Waals surface area contributed by atoms with E-state index in [1.807, 2.05) is 81.4 Å². The lowest BCUT2D eigenvalue weighted by atomic mass is 10.0. The third-order valence-corrected chi connectivity index (χ3v) is 3.58. The molecule has 2 aromatic rings. The zero-order chi connectivity index (χ0) is 17.2. The number of carbonyl (C=O) groups excluding carboxylic acids is 1. The largest absolute Gasteiger partial charge is 0.459 e. The topological polar surface area (TPSA) is 47.9 Å². The average molecular weight is 323 g/mol. The van der Waals surface area contributed by atoms with Gasteiger partial charge in [0.05, 0.1) is 0 Å². The molecule has 0 aliphatic carbocycles. The van der Waals surface area contributed by atoms with Crippen molar-refractivity contribution in [1.82, 2.24) is 0 Å². The molecule has 4 heteroatoms. The highest BCUT2D eigenvalue weighted by molar-refractivity contribution is 5.98. The van der Waals surface area contributed by atoms with Crippen LogP contribution in [0, 0.1) is 0 Å². The fourth-order valence-corrected chi connectivity index (χ4v) is 2.57. The highest BCUT2D eigenvalue weighted by atomic mass is 16.6. The molecule has 2 aromatic carbocycles. The summed E-state index contributed by atoms with van der Waals surface area (Å²) in [6.07, 6.45) is -0.776. The van der Waals surface area contributed by atoms with Crippen molar-refractivity contribution in [1.29, 1.82) is 0 Å². The van der Waals surface area contributed by atoms with Crippen molar-refractivity contribution in [2.24, 2.45) is 4.99 Å². The minimum absolute atomic E-state index is 0.397. The fraction of sp³-hybridized carbons (Fsp3) is 0.300. The van der Waals surface area contributed by atoms with Crippen LogP contribution in [0.5, 0.6) is 0 Å². The molecule has 0 unspecified atom stereocenters. The molecule has 0 bridgehead atoms. The van der Waals surface area contributed by atoms with E-state index in [0.29, 0.717) is 5.90 Å². The molecule has 0 spiro atoms. The number of rotatable bonds is 3. The lowest BCUT2D eigenvalue weighted by molar-refractivity contribution is -0.164. The number of hydrogen-bond donors (Lipinski definition) is 0. The van der Waals surface area contributed by atoms with Crippen molar-refractivity contribution >= 4 is 11.9 Å². The summed E-state index contributed by atoms with van der Waals surface area (Å²) in [5, 5.41) is 0. The SMILES string of the molecule is CC(C)(C)OC(=O)[C@@H]1OC(c2ccccc2)=N[C@H]1c1ccccc1. The average Bonchev–Trinajstić information content (AvgIpc) is 3.00. The van der Waals surface area contributed by atoms with Crippen LogP contribution in [0.1, 0.15) is 37.9 Å². The van der Waals surface area contributed by atoms with Crippen LogP contribution in [0.25, 0.3) is 0 Å². The van der Waals surface area contributed by atoms with Crippen LogP contribution < -0.4 is 0 Å². The second-order valence-electron chi connectivity index (χ2n) is 6.73. The summed E-state index contributed by atoms with van der Waals surface area (Å²) >= 11 is 0. The molecule has 0 radical (unpaired) electrons. The molecule has 4 nitrogen and oxygen atoms in total. The molecule has 0 N–H and O–H groups in total. The van der Waals surface area contributed by atoms with Gasteiger partial charge < -0.3 is 9.47 Å². The molecule has 0 saturated carbocycles. The molecule has 0 saturated heterocycles. The Kier molecular flexibility index (Phi) is 4.38. The molecule has 0 aromatic heterocycles. The second kappa shape index (κ2) is 6.48. The summed E-state index contributed by atoms with van der Waals surface area (Å²) in [7, 11) is 0. The van der Waals surface area contributed by atoms with Gasteiger partial charge in [-0.25, -0.2) is 9.79 Å². The molecule has 124 valence electrons. The van der Waals surface area contributed by atoms with Crippen LogP contribution in [0.4, 0.5) is 0 Å². The molecule has 24 heavy (non-hydrogen) atoms. The number of aliphatic imine (C=N–C) groups is 1. The first-order chi connectivity index (χ1) is 11.4. The van der Waals surface area contributed by atoms with Crippen LogP contribution in [0.2, 0.25) is 0 Å². The molecule has 0 amide bonds. The maximum Gasteiger partial charge on any atom is 0.350 e. The predicted molar refractivity (Wildman–Crippen MR) is 92.9 cm³/mol. The normalized spacial score (nSPS) is 20.2. The summed E-state index contributed by atoms with van der Waals surface area (Å²) in [5.41, 5.74) is 1.21. The van der Waals surface area contributed by atoms with Crippen molar-refractivity contribution in [3.05, 3.63) is 71.8 Å². The van der Waals surface area contributed by atoms with Gasteiger partial charge in [0.1, 0.15) is 11.6 Å². The highest BCUT2D eigenvalue weighted by Gasteiger charge is 2.40. The van der Waals surface area contributed by atoms with Crippen molar-refractivity contribution in [3.8, 4) is 0 Å². The molecule has 1 aliphatic heterocycles. The predicted octanol–water partition coefficient (Wildman–Crippen LogP) is 3.92. The van der Waals surface area contributed by atoms with E-state index in [1.54, 1.807) is 0 Å². The maximum atomic E-state index is 12.6. The van der Waals surface area contributed by atoms with E-state index in [2.05, 4.69) is 4.99 Å². The van der Waals surface area contributed by atoms with Gasteiger partial charge >= 0.3 is 5.97 Å². The van der Waals surface area contributed by atoms with E-state index in [0.717, 1.165) is 11.1 Å². The van der Waals surface area contributed by atoms with Gasteiger partial charge in [-0.15, -0.1) is 0 Å². The number of ether oxygens (including phenoxy) is 2. The van der Waals surface area contributed by atoms with Gasteiger partial charge in [-0.05, 0) is 38.5 Å². The Morgan fingerprint density at radius 1 is 1.00 bits per heavy atom. The lowest BCUT2D eigenvalue weighted by Crippen LogP contribution is -2.35. The Hall–Kier alpha value is -2.62. The minimum atomic E-state index is -0.776. The monoisotopic (exact) mass is 323 g/mol. The Labute approximate surface area is 142 Å². The zero-order valence-corrected chi connectivity index (χ0v) is 14.1. The quantitative estimate of drug-likeness (QED) is 0.805. The molecule has 1 aliphatic rings. The highest BCUT2D eigenvalue weighted by Crippen LogP contribution is 2.32. The summed E-state index contributed by atoms with van der Waals surface area (Å²) in [6.45, 7) is 5.53. The summed E-state index contributed by atoms with van der Waals surface area (Å²) in [6, 6.07) is 18.9. The smallest absolute Gasteiger partial charge is 0.350 e. The van der Waals surface area contributed by atoms with Crippen LogP contribution in [0.15, 0.2) is 65.7 Å². The first-order valence-corrected chi connectivity index (χ1v) is 8.02. The van der Waals surface area contributed by atoms with E-state index in [1.165, 1.54) is 0 Å². The molecule has 3 rings (SSSR count). The van der Waals surface area contributed by atoms with Crippen molar-refractivity contribution in [2.45, 2.75) is 38.5 Å². The van der Waals surface area contributed by atoms with Gasteiger partial charge in [-0.1, -0.05) is 48.5 Å². The number of esters is 1. The van der Waals surface area contributed by atoms with E-state index in [9.17, 15) is 4.79 Å². The van der Waals surface area contributed by atoms with Crippen LogP contribution >= 0.6 is 0 Å². The Balaban J connectivity index is 1.92. The second-order valence-corrected chi connectivity index (χ2v) is 6.73. The summed E-state index contributed by atoms with van der Waals surface area (Å²) in [5.74, 6) is 0.0753. The molecule has 2 atom stereocenters. The minimum Gasteiger partial charge on any atom is -0.459 e. The van der Waals surface area contributed by atoms with Crippen LogP contribution in [0.3, 0.4) is 0 Å². The zero-order valence-electron chi connectivity index (χ0n) is 14.1. The number of benzene rings is 2. The maximum absolute atomic E-state index is 12.6. The third kappa shape index (κ3) is 3.65. The molecule has 0 fully saturated rings. The van der Waals surface area contributed by atoms with Gasteiger partial charge in [-0.2, -0.15) is 0 Å². The van der Waals surface area contributed by atoms with E-state index >= 15 is 0 Å². The van der Waals surface area contributed by atoms with Gasteiger partial charge in [0.2, 0.25) is 12.0 Å². The van der Waals surface area contributed by atoms with Crippen LogP contribution in [-0.2, 0) is 14.3 Å². The summed E-state index contributed by atoms with van der Waals surface area (Å²) in [4.78, 5) is 17.3. The first-order valence-electron chi connectivity index (χ1n) is 8.02. The number of nitrogens with zero attached hydrogens (tertiary/aromatic N) is 1. The van der Waals surface area contributed by atoms with Gasteiger partial charge in [-0.3, -0.25) is 0 Å². The van der Waals surface area contributed by atoms with E-state index in [-0.39, 0.29) is 0 Å². The first kappa shape index (κ1) is 16.2. The molecule has 1 heterocycles. The van der Waals surface area contributed by atoms with Crippen LogP contribution in [-0.4, -0.2) is 23.6 Å². The Morgan fingerprint density at radius 2 is 1.58 bits per heavy atom. The van der Waals surface area contributed by atoms with Crippen molar-refractivity contribution < 1.29 is 14.3 Å². The van der Waals surface area contributed by atoms with Gasteiger partial charge in [0, 0.05) is 5.56 Å². The molecular formula is C20H21NO3. The fourth-order valence-electron chi connectivity index (χ4n) is 2.57. The molecular weight excluding hydrogens is 302 g/mol. The van der Waals surface area contributed by atoms with Gasteiger partial charge in [0.25, 0.3) is 0 Å². The van der Waals surface area contributed by atoms with Crippen molar-refractivity contribution in [2.75, 3.05) is 0 Å². The summed E-state index contributed by atoms with van der Waals surface area (Å²) < 4.78 is 11.4. The lowest BCUT2D eigenvalue weighted by Gasteiger charge is -2.24. The van der Waals surface area contributed by atoms with Crippen molar-refractivity contribution in [3.63, 3.8) is 0 Å². The number of carbonyl (C=O) groups is 1. The third-order valence-electron chi connectivity index (χ3n) is 3.58.